The van der Waals surface area contributed by atoms with Gasteiger partial charge in [0.1, 0.15) is 6.04 Å². The lowest BCUT2D eigenvalue weighted by Crippen LogP contribution is -2.31. The van der Waals surface area contributed by atoms with Crippen LogP contribution >= 0.6 is 0 Å². The normalized spacial score (nSPS) is 12.2. The van der Waals surface area contributed by atoms with E-state index in [-0.39, 0.29) is 5.97 Å². The summed E-state index contributed by atoms with van der Waals surface area (Å²) in [5, 5.41) is 0. The maximum atomic E-state index is 11.2. The third-order valence-electron chi connectivity index (χ3n) is 5.87. The first-order valence-corrected chi connectivity index (χ1v) is 12.6. The molecule has 2 N–H and O–H groups in total. The Labute approximate surface area is 176 Å². The van der Waals surface area contributed by atoms with Crippen molar-refractivity contribution in [3.05, 3.63) is 0 Å². The summed E-state index contributed by atoms with van der Waals surface area (Å²) in [4.78, 5) is 11.2. The number of methoxy groups -OCH3 is 1. The first kappa shape index (κ1) is 27.4. The van der Waals surface area contributed by atoms with Crippen LogP contribution in [-0.4, -0.2) is 19.1 Å². The number of ether oxygens (including phenoxy) is 1. The van der Waals surface area contributed by atoms with Gasteiger partial charge in [-0.15, -0.1) is 0 Å². The molecule has 0 aromatic heterocycles. The molecule has 0 rings (SSSR count). The van der Waals surface area contributed by atoms with E-state index in [0.29, 0.717) is 0 Å². The van der Waals surface area contributed by atoms with Crippen LogP contribution in [0.15, 0.2) is 0 Å². The average molecular weight is 398 g/mol. The Bertz CT molecular complexity index is 320. The maximum absolute atomic E-state index is 11.2. The minimum absolute atomic E-state index is 0.280. The molecule has 0 fully saturated rings. The van der Waals surface area contributed by atoms with Gasteiger partial charge in [0.15, 0.2) is 0 Å². The molecular formula is C25H51NO2. The summed E-state index contributed by atoms with van der Waals surface area (Å²) in [6.07, 6.45) is 28.4. The zero-order valence-electron chi connectivity index (χ0n) is 19.3. The summed E-state index contributed by atoms with van der Waals surface area (Å²) in [5.41, 5.74) is 5.73. The fraction of sp³-hybridized carbons (Fsp3) is 0.960. The average Bonchev–Trinajstić information content (AvgIpc) is 2.71. The number of esters is 1. The molecule has 0 aromatic carbocycles. The Morgan fingerprint density at radius 1 is 0.607 bits per heavy atom. The summed E-state index contributed by atoms with van der Waals surface area (Å²) in [6.45, 7) is 2.29. The summed E-state index contributed by atoms with van der Waals surface area (Å²) < 4.78 is 4.64. The molecule has 0 saturated heterocycles. The summed E-state index contributed by atoms with van der Waals surface area (Å²) >= 11 is 0. The van der Waals surface area contributed by atoms with E-state index in [4.69, 9.17) is 5.73 Å². The SMILES string of the molecule is CCCCCCCCCCCCCCCCCCCCCCC(N)C(=O)OC. The van der Waals surface area contributed by atoms with Crippen molar-refractivity contribution >= 4 is 5.97 Å². The zero-order valence-corrected chi connectivity index (χ0v) is 19.3. The molecule has 0 aliphatic heterocycles. The summed E-state index contributed by atoms with van der Waals surface area (Å²) in [5.74, 6) is -0.280. The number of nitrogens with two attached hydrogens (primary N) is 1. The Kier molecular flexibility index (Phi) is 22.3. The Morgan fingerprint density at radius 2 is 0.893 bits per heavy atom. The molecule has 0 aromatic rings. The number of rotatable bonds is 22. The lowest BCUT2D eigenvalue weighted by atomic mass is 10.0. The van der Waals surface area contributed by atoms with Crippen LogP contribution in [0.25, 0.3) is 0 Å². The molecule has 0 spiro atoms. The smallest absolute Gasteiger partial charge is 0.322 e. The van der Waals surface area contributed by atoms with Gasteiger partial charge < -0.3 is 10.5 Å². The van der Waals surface area contributed by atoms with Gasteiger partial charge in [-0.25, -0.2) is 0 Å². The van der Waals surface area contributed by atoms with Gasteiger partial charge >= 0.3 is 5.97 Å². The van der Waals surface area contributed by atoms with Gasteiger partial charge in [-0.05, 0) is 6.42 Å². The highest BCUT2D eigenvalue weighted by molar-refractivity contribution is 5.75. The molecule has 1 atom stereocenters. The molecular weight excluding hydrogens is 346 g/mol. The molecule has 3 nitrogen and oxygen atoms in total. The van der Waals surface area contributed by atoms with Gasteiger partial charge in [-0.1, -0.05) is 135 Å². The van der Waals surface area contributed by atoms with Crippen molar-refractivity contribution in [2.45, 2.75) is 148 Å². The molecule has 3 heteroatoms. The van der Waals surface area contributed by atoms with Crippen LogP contribution in [0.2, 0.25) is 0 Å². The molecule has 0 radical (unpaired) electrons. The van der Waals surface area contributed by atoms with E-state index in [0.717, 1.165) is 12.8 Å². The first-order valence-electron chi connectivity index (χ1n) is 12.6. The lowest BCUT2D eigenvalue weighted by Gasteiger charge is -2.08. The second kappa shape index (κ2) is 22.7. The van der Waals surface area contributed by atoms with Crippen LogP contribution in [0.5, 0.6) is 0 Å². The van der Waals surface area contributed by atoms with Crippen LogP contribution in [0, 0.1) is 0 Å². The molecule has 0 amide bonds. The van der Waals surface area contributed by atoms with E-state index in [1.165, 1.54) is 129 Å². The molecule has 1 unspecified atom stereocenters. The highest BCUT2D eigenvalue weighted by Gasteiger charge is 2.12. The topological polar surface area (TPSA) is 52.3 Å². The molecule has 0 saturated carbocycles. The molecule has 28 heavy (non-hydrogen) atoms. The van der Waals surface area contributed by atoms with E-state index >= 15 is 0 Å². The van der Waals surface area contributed by atoms with E-state index in [9.17, 15) is 4.79 Å². The zero-order chi connectivity index (χ0) is 20.7. The van der Waals surface area contributed by atoms with Crippen molar-refractivity contribution in [2.75, 3.05) is 7.11 Å². The van der Waals surface area contributed by atoms with Crippen molar-refractivity contribution in [3.8, 4) is 0 Å². The quantitative estimate of drug-likeness (QED) is 0.150. The van der Waals surface area contributed by atoms with E-state index in [1.54, 1.807) is 0 Å². The number of hydrogen-bond acceptors (Lipinski definition) is 3. The third kappa shape index (κ3) is 20.2. The fourth-order valence-corrected chi connectivity index (χ4v) is 3.89. The highest BCUT2D eigenvalue weighted by Crippen LogP contribution is 2.15. The second-order valence-electron chi connectivity index (χ2n) is 8.64. The number of carbonyl (C=O) groups is 1. The van der Waals surface area contributed by atoms with Crippen LogP contribution in [0.1, 0.15) is 142 Å². The van der Waals surface area contributed by atoms with Gasteiger partial charge in [0.05, 0.1) is 7.11 Å². The van der Waals surface area contributed by atoms with E-state index < -0.39 is 6.04 Å². The standard InChI is InChI=1S/C25H51NO2/c1-3-4-5-6-7-8-9-10-11-12-13-14-15-16-17-18-19-20-21-22-23-24(26)25(27)28-2/h24H,3-23,26H2,1-2H3. The predicted octanol–water partition coefficient (Wildman–Crippen LogP) is 7.70. The summed E-state index contributed by atoms with van der Waals surface area (Å²) in [7, 11) is 1.40. The minimum Gasteiger partial charge on any atom is -0.468 e. The van der Waals surface area contributed by atoms with Gasteiger partial charge in [0.2, 0.25) is 0 Å². The monoisotopic (exact) mass is 397 g/mol. The van der Waals surface area contributed by atoms with Gasteiger partial charge in [0, 0.05) is 0 Å². The number of hydrogen-bond donors (Lipinski definition) is 1. The van der Waals surface area contributed by atoms with Crippen molar-refractivity contribution < 1.29 is 9.53 Å². The predicted molar refractivity (Wildman–Crippen MR) is 123 cm³/mol. The van der Waals surface area contributed by atoms with E-state index in [1.807, 2.05) is 0 Å². The lowest BCUT2D eigenvalue weighted by molar-refractivity contribution is -0.142. The maximum Gasteiger partial charge on any atom is 0.322 e. The number of unbranched alkanes of at least 4 members (excludes halogenated alkanes) is 19. The molecule has 0 heterocycles. The van der Waals surface area contributed by atoms with Crippen molar-refractivity contribution in [1.82, 2.24) is 0 Å². The first-order chi connectivity index (χ1) is 13.7. The largest absolute Gasteiger partial charge is 0.468 e. The van der Waals surface area contributed by atoms with Crippen LogP contribution in [0.4, 0.5) is 0 Å². The fourth-order valence-electron chi connectivity index (χ4n) is 3.89. The Balaban J connectivity index is 3.08. The second-order valence-corrected chi connectivity index (χ2v) is 8.64. The summed E-state index contributed by atoms with van der Waals surface area (Å²) in [6, 6.07) is -0.430. The van der Waals surface area contributed by atoms with Crippen LogP contribution in [0.3, 0.4) is 0 Å². The van der Waals surface area contributed by atoms with Gasteiger partial charge in [0.25, 0.3) is 0 Å². The molecule has 0 bridgehead atoms. The van der Waals surface area contributed by atoms with Crippen molar-refractivity contribution in [1.29, 1.82) is 0 Å². The molecule has 0 aliphatic rings. The van der Waals surface area contributed by atoms with Gasteiger partial charge in [-0.3, -0.25) is 4.79 Å². The Morgan fingerprint density at radius 3 is 1.18 bits per heavy atom. The minimum atomic E-state index is -0.430. The van der Waals surface area contributed by atoms with E-state index in [2.05, 4.69) is 11.7 Å². The van der Waals surface area contributed by atoms with Crippen LogP contribution < -0.4 is 5.73 Å². The molecule has 0 aliphatic carbocycles. The number of carbonyl (C=O) groups excluding carboxylic acids is 1. The van der Waals surface area contributed by atoms with Crippen molar-refractivity contribution in [3.63, 3.8) is 0 Å². The molecule has 168 valence electrons. The van der Waals surface area contributed by atoms with Gasteiger partial charge in [-0.2, -0.15) is 0 Å². The third-order valence-corrected chi connectivity index (χ3v) is 5.87. The highest BCUT2D eigenvalue weighted by atomic mass is 16.5. The Hall–Kier alpha value is -0.570. The van der Waals surface area contributed by atoms with Crippen LogP contribution in [-0.2, 0) is 9.53 Å². The van der Waals surface area contributed by atoms with Crippen molar-refractivity contribution in [2.24, 2.45) is 5.73 Å².